The molecule has 0 spiro atoms. The van der Waals surface area contributed by atoms with E-state index in [0.29, 0.717) is 11.4 Å². The number of phenolic OH excluding ortho intramolecular Hbond substituents is 1. The van der Waals surface area contributed by atoms with Gasteiger partial charge in [0.2, 0.25) is 0 Å². The number of nitrogens with one attached hydrogen (secondary N) is 1. The monoisotopic (exact) mass is 233 g/mol. The van der Waals surface area contributed by atoms with E-state index in [4.69, 9.17) is 4.74 Å². The summed E-state index contributed by atoms with van der Waals surface area (Å²) in [5.41, 5.74) is 0.474. The third kappa shape index (κ3) is 2.36. The van der Waals surface area contributed by atoms with E-state index in [2.05, 4.69) is 10.3 Å². The minimum atomic E-state index is -0.355. The molecule has 2 aromatic rings. The van der Waals surface area contributed by atoms with Gasteiger partial charge in [-0.3, -0.25) is 4.57 Å². The molecule has 0 fully saturated rings. The molecule has 0 aliphatic rings. The molecule has 0 aliphatic heterocycles. The van der Waals surface area contributed by atoms with Crippen LogP contribution in [-0.2, 0) is 0 Å². The van der Waals surface area contributed by atoms with E-state index in [-0.39, 0.29) is 11.8 Å². The summed E-state index contributed by atoms with van der Waals surface area (Å²) in [6.45, 7) is 0. The maximum absolute atomic E-state index is 11.6. The number of aromatic hydroxyl groups is 1. The Morgan fingerprint density at radius 3 is 2.94 bits per heavy atom. The van der Waals surface area contributed by atoms with Gasteiger partial charge < -0.3 is 15.2 Å². The summed E-state index contributed by atoms with van der Waals surface area (Å²) < 4.78 is 6.19. The Balaban J connectivity index is 2.14. The van der Waals surface area contributed by atoms with Gasteiger partial charge in [-0.25, -0.2) is 9.78 Å². The quantitative estimate of drug-likeness (QED) is 0.827. The number of hydrogen-bond acceptors (Lipinski definition) is 4. The highest BCUT2D eigenvalue weighted by molar-refractivity contribution is 5.91. The predicted molar refractivity (Wildman–Crippen MR) is 61.3 cm³/mol. The number of carbonyl (C=O) groups is 1. The molecule has 0 atom stereocenters. The van der Waals surface area contributed by atoms with Crippen molar-refractivity contribution in [2.24, 2.45) is 0 Å². The van der Waals surface area contributed by atoms with Crippen molar-refractivity contribution in [2.45, 2.75) is 0 Å². The maximum atomic E-state index is 11.6. The van der Waals surface area contributed by atoms with E-state index >= 15 is 0 Å². The summed E-state index contributed by atoms with van der Waals surface area (Å²) >= 11 is 0. The lowest BCUT2D eigenvalue weighted by Gasteiger charge is -2.07. The molecule has 17 heavy (non-hydrogen) atoms. The number of carbonyl (C=O) groups excluding carboxylic acids is 1. The van der Waals surface area contributed by atoms with Gasteiger partial charge in [0.1, 0.15) is 6.33 Å². The minimum Gasteiger partial charge on any atom is -0.504 e. The number of rotatable bonds is 2. The van der Waals surface area contributed by atoms with Gasteiger partial charge in [-0.2, -0.15) is 0 Å². The molecule has 0 radical (unpaired) electrons. The molecule has 2 N–H and O–H groups in total. The summed E-state index contributed by atoms with van der Waals surface area (Å²) in [7, 11) is 1.46. The first-order valence-corrected chi connectivity index (χ1v) is 4.87. The standard InChI is InChI=1S/C11H11N3O3/c1-17-10-3-2-8(6-9(10)15)13-11(16)14-5-4-12-7-14/h2-7,15H,1H3,(H,13,16). The van der Waals surface area contributed by atoms with Crippen LogP contribution in [0.2, 0.25) is 0 Å². The van der Waals surface area contributed by atoms with E-state index in [1.54, 1.807) is 12.1 Å². The van der Waals surface area contributed by atoms with Crippen molar-refractivity contribution in [3.8, 4) is 11.5 Å². The van der Waals surface area contributed by atoms with Crippen molar-refractivity contribution in [2.75, 3.05) is 12.4 Å². The van der Waals surface area contributed by atoms with Crippen LogP contribution in [0.5, 0.6) is 11.5 Å². The summed E-state index contributed by atoms with van der Waals surface area (Å²) in [6, 6.07) is 4.26. The molecule has 1 aromatic carbocycles. The highest BCUT2D eigenvalue weighted by Gasteiger charge is 2.06. The molecule has 0 bridgehead atoms. The van der Waals surface area contributed by atoms with E-state index in [1.807, 2.05) is 0 Å². The number of nitrogens with zero attached hydrogens (tertiary/aromatic N) is 2. The fraction of sp³-hybridized carbons (Fsp3) is 0.0909. The van der Waals surface area contributed by atoms with E-state index in [0.717, 1.165) is 0 Å². The zero-order valence-corrected chi connectivity index (χ0v) is 9.12. The number of aromatic nitrogens is 2. The summed E-state index contributed by atoms with van der Waals surface area (Å²) in [5, 5.41) is 12.1. The van der Waals surface area contributed by atoms with Crippen LogP contribution in [0.15, 0.2) is 36.9 Å². The van der Waals surface area contributed by atoms with Crippen LogP contribution in [0.1, 0.15) is 0 Å². The van der Waals surface area contributed by atoms with Crippen molar-refractivity contribution in [3.63, 3.8) is 0 Å². The Morgan fingerprint density at radius 2 is 2.35 bits per heavy atom. The van der Waals surface area contributed by atoms with Crippen molar-refractivity contribution in [3.05, 3.63) is 36.9 Å². The fourth-order valence-corrected chi connectivity index (χ4v) is 1.34. The largest absolute Gasteiger partial charge is 0.504 e. The van der Waals surface area contributed by atoms with Crippen LogP contribution in [0.4, 0.5) is 10.5 Å². The second-order valence-corrected chi connectivity index (χ2v) is 3.29. The van der Waals surface area contributed by atoms with Crippen LogP contribution in [0.3, 0.4) is 0 Å². The molecule has 0 saturated heterocycles. The molecule has 88 valence electrons. The van der Waals surface area contributed by atoms with Gasteiger partial charge in [0.05, 0.1) is 7.11 Å². The normalized spacial score (nSPS) is 9.94. The molecule has 0 aliphatic carbocycles. The van der Waals surface area contributed by atoms with Gasteiger partial charge in [-0.05, 0) is 12.1 Å². The third-order valence-electron chi connectivity index (χ3n) is 2.17. The zero-order valence-electron chi connectivity index (χ0n) is 9.12. The molecule has 1 aromatic heterocycles. The lowest BCUT2D eigenvalue weighted by Crippen LogP contribution is -2.17. The smallest absolute Gasteiger partial charge is 0.331 e. The molecule has 6 heteroatoms. The van der Waals surface area contributed by atoms with Gasteiger partial charge in [-0.15, -0.1) is 0 Å². The van der Waals surface area contributed by atoms with Crippen LogP contribution in [0.25, 0.3) is 0 Å². The summed E-state index contributed by atoms with van der Waals surface area (Å²) in [5.74, 6) is 0.321. The van der Waals surface area contributed by atoms with Crippen LogP contribution in [0, 0.1) is 0 Å². The molecule has 1 amide bonds. The number of ether oxygens (including phenoxy) is 1. The molecular formula is C11H11N3O3. The summed E-state index contributed by atoms with van der Waals surface area (Å²) in [4.78, 5) is 15.4. The van der Waals surface area contributed by atoms with Gasteiger partial charge in [0, 0.05) is 24.1 Å². The van der Waals surface area contributed by atoms with Crippen molar-refractivity contribution in [1.82, 2.24) is 9.55 Å². The van der Waals surface area contributed by atoms with Gasteiger partial charge >= 0.3 is 6.03 Å². The highest BCUT2D eigenvalue weighted by atomic mass is 16.5. The average molecular weight is 233 g/mol. The molecular weight excluding hydrogens is 222 g/mol. The number of imidazole rings is 1. The SMILES string of the molecule is COc1ccc(NC(=O)n2ccnc2)cc1O. The average Bonchev–Trinajstić information content (AvgIpc) is 2.82. The van der Waals surface area contributed by atoms with E-state index in [9.17, 15) is 9.90 Å². The minimum absolute atomic E-state index is 0.0315. The number of phenols is 1. The van der Waals surface area contributed by atoms with Crippen molar-refractivity contribution >= 4 is 11.7 Å². The zero-order chi connectivity index (χ0) is 12.3. The predicted octanol–water partition coefficient (Wildman–Crippen LogP) is 1.68. The lowest BCUT2D eigenvalue weighted by atomic mass is 10.3. The number of anilines is 1. The Hall–Kier alpha value is -2.50. The van der Waals surface area contributed by atoms with Crippen LogP contribution in [-0.4, -0.2) is 27.8 Å². The molecule has 2 rings (SSSR count). The number of hydrogen-bond donors (Lipinski definition) is 2. The third-order valence-corrected chi connectivity index (χ3v) is 2.17. The van der Waals surface area contributed by atoms with Crippen molar-refractivity contribution in [1.29, 1.82) is 0 Å². The first kappa shape index (κ1) is 11.0. The first-order chi connectivity index (χ1) is 8.20. The van der Waals surface area contributed by atoms with Gasteiger partial charge in [0.15, 0.2) is 11.5 Å². The van der Waals surface area contributed by atoms with Crippen LogP contribution < -0.4 is 10.1 Å². The molecule has 0 saturated carbocycles. The Kier molecular flexibility index (Phi) is 2.95. The number of methoxy groups -OCH3 is 1. The first-order valence-electron chi connectivity index (χ1n) is 4.87. The highest BCUT2D eigenvalue weighted by Crippen LogP contribution is 2.28. The number of benzene rings is 1. The van der Waals surface area contributed by atoms with E-state index in [1.165, 1.54) is 36.5 Å². The molecule has 6 nitrogen and oxygen atoms in total. The van der Waals surface area contributed by atoms with Gasteiger partial charge in [0.25, 0.3) is 0 Å². The number of amides is 1. The lowest BCUT2D eigenvalue weighted by molar-refractivity contribution is 0.253. The fourth-order valence-electron chi connectivity index (χ4n) is 1.34. The van der Waals surface area contributed by atoms with Crippen molar-refractivity contribution < 1.29 is 14.6 Å². The summed E-state index contributed by atoms with van der Waals surface area (Å²) in [6.07, 6.45) is 4.42. The van der Waals surface area contributed by atoms with E-state index < -0.39 is 0 Å². The Labute approximate surface area is 97.5 Å². The topological polar surface area (TPSA) is 76.4 Å². The second kappa shape index (κ2) is 4.56. The Bertz CT molecular complexity index is 523. The van der Waals surface area contributed by atoms with Gasteiger partial charge in [-0.1, -0.05) is 0 Å². The van der Waals surface area contributed by atoms with Crippen LogP contribution >= 0.6 is 0 Å². The second-order valence-electron chi connectivity index (χ2n) is 3.29. The maximum Gasteiger partial charge on any atom is 0.331 e. The Morgan fingerprint density at radius 1 is 1.53 bits per heavy atom. The molecule has 0 unspecified atom stereocenters. The molecule has 1 heterocycles.